The quantitative estimate of drug-likeness (QED) is 0.543. The van der Waals surface area contributed by atoms with Crippen LogP contribution in [0.1, 0.15) is 13.3 Å². The molecule has 0 spiro atoms. The monoisotopic (exact) mass is 288 g/mol. The SMILES string of the molecule is CCC1NC(=O)CN(CCOCCOCCOC)C1=O. The summed E-state index contributed by atoms with van der Waals surface area (Å²) >= 11 is 0. The first-order valence-electron chi connectivity index (χ1n) is 6.91. The lowest BCUT2D eigenvalue weighted by Gasteiger charge is -2.31. The van der Waals surface area contributed by atoms with E-state index in [2.05, 4.69) is 5.32 Å². The molecule has 1 N–H and O–H groups in total. The Balaban J connectivity index is 2.11. The van der Waals surface area contributed by atoms with Crippen molar-refractivity contribution in [2.75, 3.05) is 53.2 Å². The van der Waals surface area contributed by atoms with Crippen molar-refractivity contribution in [3.05, 3.63) is 0 Å². The van der Waals surface area contributed by atoms with E-state index in [0.717, 1.165) is 0 Å². The molecule has 0 aromatic carbocycles. The van der Waals surface area contributed by atoms with Gasteiger partial charge in [0.1, 0.15) is 6.04 Å². The zero-order valence-corrected chi connectivity index (χ0v) is 12.2. The number of amides is 2. The van der Waals surface area contributed by atoms with Crippen LogP contribution in [0.5, 0.6) is 0 Å². The molecule has 1 saturated heterocycles. The molecule has 0 bridgehead atoms. The molecule has 0 aliphatic carbocycles. The second-order valence-corrected chi connectivity index (χ2v) is 4.51. The Morgan fingerprint density at radius 2 is 1.80 bits per heavy atom. The number of carbonyl (C=O) groups excluding carboxylic acids is 2. The third-order valence-corrected chi connectivity index (χ3v) is 3.00. The minimum absolute atomic E-state index is 0.0351. The molecule has 0 aromatic rings. The highest BCUT2D eigenvalue weighted by molar-refractivity contribution is 5.94. The number of hydrogen-bond donors (Lipinski definition) is 1. The van der Waals surface area contributed by atoms with Crippen molar-refractivity contribution in [3.8, 4) is 0 Å². The van der Waals surface area contributed by atoms with Crippen molar-refractivity contribution in [1.82, 2.24) is 10.2 Å². The van der Waals surface area contributed by atoms with Gasteiger partial charge in [-0.25, -0.2) is 0 Å². The average molecular weight is 288 g/mol. The van der Waals surface area contributed by atoms with Gasteiger partial charge in [0.2, 0.25) is 11.8 Å². The Labute approximate surface area is 119 Å². The highest BCUT2D eigenvalue weighted by Crippen LogP contribution is 2.05. The van der Waals surface area contributed by atoms with Crippen molar-refractivity contribution >= 4 is 11.8 Å². The van der Waals surface area contributed by atoms with Gasteiger partial charge in [0.15, 0.2) is 0 Å². The maximum atomic E-state index is 12.0. The number of rotatable bonds is 10. The minimum atomic E-state index is -0.395. The average Bonchev–Trinajstić information content (AvgIpc) is 2.44. The van der Waals surface area contributed by atoms with Crippen LogP contribution in [0.3, 0.4) is 0 Å². The van der Waals surface area contributed by atoms with Gasteiger partial charge in [0.25, 0.3) is 0 Å². The molecule has 0 saturated carbocycles. The second kappa shape index (κ2) is 9.68. The molecule has 7 heteroatoms. The number of nitrogens with one attached hydrogen (secondary N) is 1. The van der Waals surface area contributed by atoms with Crippen LogP contribution in [0.2, 0.25) is 0 Å². The standard InChI is InChI=1S/C13H24N2O5/c1-3-11-13(17)15(10-12(16)14-11)4-5-19-8-9-20-7-6-18-2/h11H,3-10H2,1-2H3,(H,14,16). The van der Waals surface area contributed by atoms with Crippen LogP contribution in [-0.4, -0.2) is 76.0 Å². The van der Waals surface area contributed by atoms with Gasteiger partial charge in [-0.3, -0.25) is 9.59 Å². The summed E-state index contributed by atoms with van der Waals surface area (Å²) in [5.41, 5.74) is 0. The first-order valence-corrected chi connectivity index (χ1v) is 6.91. The maximum Gasteiger partial charge on any atom is 0.245 e. The molecule has 1 atom stereocenters. The van der Waals surface area contributed by atoms with E-state index in [1.807, 2.05) is 6.92 Å². The molecule has 0 aromatic heterocycles. The van der Waals surface area contributed by atoms with Crippen LogP contribution >= 0.6 is 0 Å². The van der Waals surface area contributed by atoms with Crippen LogP contribution in [0.25, 0.3) is 0 Å². The topological polar surface area (TPSA) is 77.1 Å². The highest BCUT2D eigenvalue weighted by Gasteiger charge is 2.30. The van der Waals surface area contributed by atoms with Crippen molar-refractivity contribution < 1.29 is 23.8 Å². The molecule has 1 rings (SSSR count). The van der Waals surface area contributed by atoms with Crippen molar-refractivity contribution in [3.63, 3.8) is 0 Å². The zero-order chi connectivity index (χ0) is 14.8. The first-order chi connectivity index (χ1) is 9.69. The van der Waals surface area contributed by atoms with Gasteiger partial charge in [0, 0.05) is 13.7 Å². The molecule has 1 unspecified atom stereocenters. The largest absolute Gasteiger partial charge is 0.382 e. The molecule has 1 aliphatic heterocycles. The Kier molecular flexibility index (Phi) is 8.17. The summed E-state index contributed by atoms with van der Waals surface area (Å²) in [5.74, 6) is -0.147. The summed E-state index contributed by atoms with van der Waals surface area (Å²) in [4.78, 5) is 24.9. The summed E-state index contributed by atoms with van der Waals surface area (Å²) < 4.78 is 15.5. The van der Waals surface area contributed by atoms with E-state index in [-0.39, 0.29) is 18.4 Å². The van der Waals surface area contributed by atoms with E-state index in [1.54, 1.807) is 12.0 Å². The molecular formula is C13H24N2O5. The molecule has 7 nitrogen and oxygen atoms in total. The fraction of sp³-hybridized carbons (Fsp3) is 0.846. The summed E-state index contributed by atoms with van der Waals surface area (Å²) in [5, 5.41) is 2.67. The van der Waals surface area contributed by atoms with Crippen molar-refractivity contribution in [1.29, 1.82) is 0 Å². The Morgan fingerprint density at radius 1 is 1.15 bits per heavy atom. The van der Waals surface area contributed by atoms with Gasteiger partial charge in [-0.15, -0.1) is 0 Å². The molecule has 0 radical (unpaired) electrons. The van der Waals surface area contributed by atoms with Crippen LogP contribution in [-0.2, 0) is 23.8 Å². The third kappa shape index (κ3) is 5.85. The number of piperazine rings is 1. The summed E-state index contributed by atoms with van der Waals surface area (Å²) in [6, 6.07) is -0.395. The van der Waals surface area contributed by atoms with E-state index in [4.69, 9.17) is 14.2 Å². The van der Waals surface area contributed by atoms with Crippen LogP contribution in [0.15, 0.2) is 0 Å². The molecule has 2 amide bonds. The molecule has 1 heterocycles. The molecule has 1 fully saturated rings. The maximum absolute atomic E-state index is 12.0. The second-order valence-electron chi connectivity index (χ2n) is 4.51. The van der Waals surface area contributed by atoms with Crippen LogP contribution in [0.4, 0.5) is 0 Å². The Hall–Kier alpha value is -1.18. The van der Waals surface area contributed by atoms with Gasteiger partial charge in [-0.1, -0.05) is 6.92 Å². The fourth-order valence-corrected chi connectivity index (χ4v) is 1.88. The number of nitrogens with zero attached hydrogens (tertiary/aromatic N) is 1. The highest BCUT2D eigenvalue weighted by atomic mass is 16.5. The van der Waals surface area contributed by atoms with E-state index in [1.165, 1.54) is 0 Å². The lowest BCUT2D eigenvalue weighted by molar-refractivity contribution is -0.145. The van der Waals surface area contributed by atoms with E-state index >= 15 is 0 Å². The summed E-state index contributed by atoms with van der Waals surface area (Å²) in [7, 11) is 1.62. The van der Waals surface area contributed by atoms with Gasteiger partial charge in [-0.2, -0.15) is 0 Å². The van der Waals surface area contributed by atoms with E-state index < -0.39 is 6.04 Å². The Morgan fingerprint density at radius 3 is 2.45 bits per heavy atom. The van der Waals surface area contributed by atoms with Gasteiger partial charge < -0.3 is 24.4 Å². The van der Waals surface area contributed by atoms with E-state index in [9.17, 15) is 9.59 Å². The lowest BCUT2D eigenvalue weighted by atomic mass is 10.1. The predicted octanol–water partition coefficient (Wildman–Crippen LogP) is -0.597. The Bertz CT molecular complexity index is 311. The van der Waals surface area contributed by atoms with E-state index in [0.29, 0.717) is 46.0 Å². The number of ether oxygens (including phenoxy) is 3. The van der Waals surface area contributed by atoms with Crippen molar-refractivity contribution in [2.45, 2.75) is 19.4 Å². The molecule has 1 aliphatic rings. The fourth-order valence-electron chi connectivity index (χ4n) is 1.88. The number of hydrogen-bond acceptors (Lipinski definition) is 5. The van der Waals surface area contributed by atoms with Gasteiger partial charge in [-0.05, 0) is 6.42 Å². The van der Waals surface area contributed by atoms with Gasteiger partial charge in [0.05, 0.1) is 39.6 Å². The van der Waals surface area contributed by atoms with Crippen LogP contribution in [0, 0.1) is 0 Å². The summed E-state index contributed by atoms with van der Waals surface area (Å²) in [6.45, 7) is 4.90. The normalized spacial score (nSPS) is 19.3. The predicted molar refractivity (Wildman–Crippen MR) is 72.3 cm³/mol. The first kappa shape index (κ1) is 16.9. The molecule has 116 valence electrons. The smallest absolute Gasteiger partial charge is 0.245 e. The zero-order valence-electron chi connectivity index (χ0n) is 12.2. The van der Waals surface area contributed by atoms with Gasteiger partial charge >= 0.3 is 0 Å². The number of methoxy groups -OCH3 is 1. The van der Waals surface area contributed by atoms with Crippen molar-refractivity contribution in [2.24, 2.45) is 0 Å². The third-order valence-electron chi connectivity index (χ3n) is 3.00. The molecule has 20 heavy (non-hydrogen) atoms. The number of carbonyl (C=O) groups is 2. The minimum Gasteiger partial charge on any atom is -0.382 e. The lowest BCUT2D eigenvalue weighted by Crippen LogP contribution is -2.58. The molecular weight excluding hydrogens is 264 g/mol. The summed E-state index contributed by atoms with van der Waals surface area (Å²) in [6.07, 6.45) is 0.606. The van der Waals surface area contributed by atoms with Crippen LogP contribution < -0.4 is 5.32 Å².